The van der Waals surface area contributed by atoms with Crippen LogP contribution in [0.3, 0.4) is 0 Å². The van der Waals surface area contributed by atoms with E-state index >= 15 is 0 Å². The van der Waals surface area contributed by atoms with Gasteiger partial charge in [0.2, 0.25) is 0 Å². The molecule has 1 saturated carbocycles. The van der Waals surface area contributed by atoms with Crippen LogP contribution >= 0.6 is 0 Å². The highest BCUT2D eigenvalue weighted by atomic mass is 19.1. The number of rotatable bonds is 5. The van der Waals surface area contributed by atoms with Crippen LogP contribution < -0.4 is 5.32 Å². The topological polar surface area (TPSA) is 29.1 Å². The molecule has 2 atom stereocenters. The summed E-state index contributed by atoms with van der Waals surface area (Å²) in [5.41, 5.74) is 1.12. The van der Waals surface area contributed by atoms with Gasteiger partial charge in [0.15, 0.2) is 5.78 Å². The van der Waals surface area contributed by atoms with E-state index in [-0.39, 0.29) is 11.6 Å². The summed E-state index contributed by atoms with van der Waals surface area (Å²) in [4.78, 5) is 12.0. The molecule has 2 aliphatic rings. The van der Waals surface area contributed by atoms with Gasteiger partial charge in [-0.1, -0.05) is 0 Å². The molecule has 0 bridgehead atoms. The predicted octanol–water partition coefficient (Wildman–Crippen LogP) is 3.18. The van der Waals surface area contributed by atoms with E-state index in [1.54, 1.807) is 12.1 Å². The van der Waals surface area contributed by atoms with Crippen molar-refractivity contribution in [3.8, 4) is 0 Å². The van der Waals surface area contributed by atoms with Gasteiger partial charge in [-0.2, -0.15) is 0 Å². The lowest BCUT2D eigenvalue weighted by Crippen LogP contribution is -2.39. The average molecular weight is 261 g/mol. The molecule has 0 aromatic heterocycles. The fourth-order valence-corrected chi connectivity index (χ4v) is 3.60. The zero-order chi connectivity index (χ0) is 13.3. The highest BCUT2D eigenvalue weighted by Gasteiger charge is 2.48. The second-order valence-electron chi connectivity index (χ2n) is 6.01. The number of Topliss-reactive ketones (excluding diaryl/α,β-unsaturated/α-hetero) is 1. The summed E-state index contributed by atoms with van der Waals surface area (Å²) in [6.45, 7) is 2.29. The first-order valence-corrected chi connectivity index (χ1v) is 7.19. The van der Waals surface area contributed by atoms with Crippen LogP contribution in [0.5, 0.6) is 0 Å². The molecule has 102 valence electrons. The van der Waals surface area contributed by atoms with Crippen molar-refractivity contribution in [2.75, 3.05) is 13.1 Å². The molecule has 3 rings (SSSR count). The molecule has 0 amide bonds. The number of carbonyl (C=O) groups excluding carboxylic acids is 1. The van der Waals surface area contributed by atoms with E-state index in [0.717, 1.165) is 31.8 Å². The first-order valence-electron chi connectivity index (χ1n) is 7.19. The van der Waals surface area contributed by atoms with Gasteiger partial charge in [0.1, 0.15) is 5.82 Å². The van der Waals surface area contributed by atoms with Crippen molar-refractivity contribution in [1.82, 2.24) is 5.32 Å². The van der Waals surface area contributed by atoms with Gasteiger partial charge in [-0.3, -0.25) is 4.79 Å². The molecule has 2 unspecified atom stereocenters. The molecule has 1 aliphatic carbocycles. The van der Waals surface area contributed by atoms with E-state index in [1.807, 2.05) is 0 Å². The molecule has 0 radical (unpaired) electrons. The van der Waals surface area contributed by atoms with Crippen LogP contribution in [0.2, 0.25) is 0 Å². The Morgan fingerprint density at radius 3 is 2.79 bits per heavy atom. The van der Waals surface area contributed by atoms with Crippen molar-refractivity contribution in [2.45, 2.75) is 32.1 Å². The van der Waals surface area contributed by atoms with E-state index in [2.05, 4.69) is 5.32 Å². The Labute approximate surface area is 113 Å². The highest BCUT2D eigenvalue weighted by Crippen LogP contribution is 2.52. The standard InChI is InChI=1S/C16H20FNO/c17-14-5-3-12(4-6-14)15(19)2-1-8-16-9-7-13(16)10-18-11-16/h3-6,13,18H,1-2,7-11H2. The van der Waals surface area contributed by atoms with E-state index in [9.17, 15) is 9.18 Å². The van der Waals surface area contributed by atoms with Gasteiger partial charge in [-0.05, 0) is 67.8 Å². The number of nitrogens with one attached hydrogen (secondary N) is 1. The fraction of sp³-hybridized carbons (Fsp3) is 0.562. The maximum absolute atomic E-state index is 12.8. The molecule has 2 fully saturated rings. The summed E-state index contributed by atoms with van der Waals surface area (Å²) in [5.74, 6) is 0.691. The van der Waals surface area contributed by atoms with Gasteiger partial charge in [-0.25, -0.2) is 4.39 Å². The summed E-state index contributed by atoms with van der Waals surface area (Å²) in [5, 5.41) is 3.47. The normalized spacial score (nSPS) is 28.8. The van der Waals surface area contributed by atoms with E-state index < -0.39 is 0 Å². The first-order chi connectivity index (χ1) is 9.20. The Bertz CT molecular complexity index is 470. The Balaban J connectivity index is 1.50. The van der Waals surface area contributed by atoms with Crippen molar-refractivity contribution in [1.29, 1.82) is 0 Å². The zero-order valence-electron chi connectivity index (χ0n) is 11.1. The van der Waals surface area contributed by atoms with Gasteiger partial charge < -0.3 is 5.32 Å². The number of hydrogen-bond acceptors (Lipinski definition) is 2. The second kappa shape index (κ2) is 5.04. The van der Waals surface area contributed by atoms with Crippen LogP contribution in [0.15, 0.2) is 24.3 Å². The largest absolute Gasteiger partial charge is 0.316 e. The van der Waals surface area contributed by atoms with E-state index in [4.69, 9.17) is 0 Å². The molecule has 1 aliphatic heterocycles. The summed E-state index contributed by atoms with van der Waals surface area (Å²) >= 11 is 0. The van der Waals surface area contributed by atoms with Gasteiger partial charge in [0.25, 0.3) is 0 Å². The lowest BCUT2D eigenvalue weighted by Gasteiger charge is -2.44. The number of ketones is 1. The molecular weight excluding hydrogens is 241 g/mol. The van der Waals surface area contributed by atoms with Crippen molar-refractivity contribution >= 4 is 5.78 Å². The molecule has 19 heavy (non-hydrogen) atoms. The average Bonchev–Trinajstić information content (AvgIpc) is 2.67. The minimum atomic E-state index is -0.287. The Morgan fingerprint density at radius 2 is 2.16 bits per heavy atom. The third-order valence-corrected chi connectivity index (χ3v) is 4.97. The fourth-order valence-electron chi connectivity index (χ4n) is 3.60. The number of halogens is 1. The maximum atomic E-state index is 12.8. The third kappa shape index (κ3) is 2.44. The predicted molar refractivity (Wildman–Crippen MR) is 72.6 cm³/mol. The van der Waals surface area contributed by atoms with Gasteiger partial charge in [0, 0.05) is 18.5 Å². The molecule has 1 heterocycles. The Hall–Kier alpha value is -1.22. The van der Waals surface area contributed by atoms with Crippen LogP contribution in [0, 0.1) is 17.2 Å². The van der Waals surface area contributed by atoms with Crippen LogP contribution in [-0.2, 0) is 0 Å². The van der Waals surface area contributed by atoms with Crippen molar-refractivity contribution in [3.63, 3.8) is 0 Å². The molecule has 1 N–H and O–H groups in total. The summed E-state index contributed by atoms with van der Waals surface area (Å²) in [6.07, 6.45) is 5.35. The van der Waals surface area contributed by atoms with Crippen LogP contribution in [0.1, 0.15) is 42.5 Å². The van der Waals surface area contributed by atoms with Crippen molar-refractivity contribution < 1.29 is 9.18 Å². The van der Waals surface area contributed by atoms with Gasteiger partial charge in [-0.15, -0.1) is 0 Å². The molecule has 2 nitrogen and oxygen atoms in total. The van der Waals surface area contributed by atoms with Crippen LogP contribution in [-0.4, -0.2) is 18.9 Å². The van der Waals surface area contributed by atoms with E-state index in [1.165, 1.54) is 25.0 Å². The second-order valence-corrected chi connectivity index (χ2v) is 6.01. The molecule has 3 heteroatoms. The Kier molecular flexibility index (Phi) is 3.40. The number of benzene rings is 1. The SMILES string of the molecule is O=C(CCCC12CCC1CNC2)c1ccc(F)cc1. The van der Waals surface area contributed by atoms with Crippen molar-refractivity contribution in [3.05, 3.63) is 35.6 Å². The summed E-state index contributed by atoms with van der Waals surface area (Å²) in [7, 11) is 0. The molecule has 1 saturated heterocycles. The van der Waals surface area contributed by atoms with Gasteiger partial charge in [0.05, 0.1) is 0 Å². The molecule has 1 aromatic rings. The smallest absolute Gasteiger partial charge is 0.162 e. The van der Waals surface area contributed by atoms with Crippen LogP contribution in [0.25, 0.3) is 0 Å². The number of fused-ring (bicyclic) bond motifs is 1. The number of hydrogen-bond donors (Lipinski definition) is 1. The quantitative estimate of drug-likeness (QED) is 0.825. The molecular formula is C16H20FNO. The third-order valence-electron chi connectivity index (χ3n) is 4.97. The lowest BCUT2D eigenvalue weighted by atomic mass is 9.60. The molecule has 0 spiro atoms. The minimum absolute atomic E-state index is 0.137. The van der Waals surface area contributed by atoms with Gasteiger partial charge >= 0.3 is 0 Å². The number of carbonyl (C=O) groups is 1. The first kappa shape index (κ1) is 12.8. The lowest BCUT2D eigenvalue weighted by molar-refractivity contribution is 0.0695. The van der Waals surface area contributed by atoms with Crippen LogP contribution in [0.4, 0.5) is 4.39 Å². The molecule has 1 aromatic carbocycles. The maximum Gasteiger partial charge on any atom is 0.162 e. The van der Waals surface area contributed by atoms with Crippen molar-refractivity contribution in [2.24, 2.45) is 11.3 Å². The highest BCUT2D eigenvalue weighted by molar-refractivity contribution is 5.95. The summed E-state index contributed by atoms with van der Waals surface area (Å²) in [6, 6.07) is 5.88. The monoisotopic (exact) mass is 261 g/mol. The minimum Gasteiger partial charge on any atom is -0.316 e. The summed E-state index contributed by atoms with van der Waals surface area (Å²) < 4.78 is 12.8. The Morgan fingerprint density at radius 1 is 1.37 bits per heavy atom. The zero-order valence-corrected chi connectivity index (χ0v) is 11.1. The van der Waals surface area contributed by atoms with E-state index in [0.29, 0.717) is 17.4 Å².